The second-order valence-corrected chi connectivity index (χ2v) is 4.71. The van der Waals surface area contributed by atoms with Crippen LogP contribution in [0, 0.1) is 6.92 Å². The van der Waals surface area contributed by atoms with E-state index in [9.17, 15) is 5.11 Å². The van der Waals surface area contributed by atoms with Crippen LogP contribution in [0.2, 0.25) is 0 Å². The Morgan fingerprint density at radius 3 is 2.69 bits per heavy atom. The molecule has 2 rings (SSSR count). The molecule has 0 saturated carbocycles. The van der Waals surface area contributed by atoms with Crippen molar-refractivity contribution in [2.24, 2.45) is 7.05 Å². The first-order valence-electron chi connectivity index (χ1n) is 5.00. The van der Waals surface area contributed by atoms with Gasteiger partial charge in [0.15, 0.2) is 0 Å². The van der Waals surface area contributed by atoms with Crippen molar-refractivity contribution in [1.29, 1.82) is 0 Å². The number of aliphatic hydroxyl groups excluding tert-OH is 1. The smallest absolute Gasteiger partial charge is 0.107 e. The van der Waals surface area contributed by atoms with Crippen LogP contribution in [0.5, 0.6) is 0 Å². The van der Waals surface area contributed by atoms with Gasteiger partial charge in [-0.05, 0) is 24.1 Å². The number of aromatic nitrogens is 2. The van der Waals surface area contributed by atoms with Gasteiger partial charge in [0.2, 0.25) is 0 Å². The van der Waals surface area contributed by atoms with Crippen molar-refractivity contribution in [2.45, 2.75) is 13.0 Å². The van der Waals surface area contributed by atoms with Gasteiger partial charge >= 0.3 is 0 Å². The summed E-state index contributed by atoms with van der Waals surface area (Å²) in [5, 5.41) is 14.2. The van der Waals surface area contributed by atoms with E-state index in [-0.39, 0.29) is 0 Å². The number of hydrogen-bond acceptors (Lipinski definition) is 2. The fourth-order valence-electron chi connectivity index (χ4n) is 1.61. The van der Waals surface area contributed by atoms with Crippen molar-refractivity contribution in [3.63, 3.8) is 0 Å². The van der Waals surface area contributed by atoms with Crippen LogP contribution in [0.25, 0.3) is 0 Å². The molecule has 1 aromatic heterocycles. The van der Waals surface area contributed by atoms with E-state index in [1.165, 1.54) is 0 Å². The van der Waals surface area contributed by atoms with Crippen LogP contribution < -0.4 is 0 Å². The molecule has 1 unspecified atom stereocenters. The summed E-state index contributed by atoms with van der Waals surface area (Å²) < 4.78 is 2.74. The second kappa shape index (κ2) is 4.39. The number of rotatable bonds is 2. The topological polar surface area (TPSA) is 38.1 Å². The van der Waals surface area contributed by atoms with E-state index in [1.54, 1.807) is 10.9 Å². The van der Waals surface area contributed by atoms with E-state index in [2.05, 4.69) is 21.0 Å². The predicted octanol–water partition coefficient (Wildman–Crippen LogP) is 2.57. The number of nitrogens with zero attached hydrogens (tertiary/aromatic N) is 2. The molecule has 0 saturated heterocycles. The molecule has 1 N–H and O–H groups in total. The lowest BCUT2D eigenvalue weighted by atomic mass is 10.0. The van der Waals surface area contributed by atoms with Crippen molar-refractivity contribution in [3.05, 3.63) is 51.8 Å². The van der Waals surface area contributed by atoms with Gasteiger partial charge < -0.3 is 5.11 Å². The van der Waals surface area contributed by atoms with Crippen LogP contribution in [0.3, 0.4) is 0 Å². The van der Waals surface area contributed by atoms with Gasteiger partial charge in [-0.1, -0.05) is 28.1 Å². The van der Waals surface area contributed by atoms with Crippen molar-refractivity contribution >= 4 is 15.9 Å². The summed E-state index contributed by atoms with van der Waals surface area (Å²) in [6.07, 6.45) is 2.89. The molecule has 0 bridgehead atoms. The first kappa shape index (κ1) is 11.4. The summed E-state index contributed by atoms with van der Waals surface area (Å²) in [6.45, 7) is 2.00. The number of halogens is 1. The maximum Gasteiger partial charge on any atom is 0.107 e. The average molecular weight is 281 g/mol. The summed E-state index contributed by atoms with van der Waals surface area (Å²) in [4.78, 5) is 0. The summed E-state index contributed by atoms with van der Waals surface area (Å²) in [7, 11) is 1.84. The standard InChI is InChI=1S/C12H13BrN2O/c1-8-5-9(3-4-11(8)13)12(16)10-6-14-15(2)7-10/h3-7,12,16H,1-2H3. The van der Waals surface area contributed by atoms with E-state index in [0.29, 0.717) is 0 Å². The molecular weight excluding hydrogens is 268 g/mol. The Labute approximate surface area is 103 Å². The van der Waals surface area contributed by atoms with Gasteiger partial charge in [-0.3, -0.25) is 4.68 Å². The lowest BCUT2D eigenvalue weighted by molar-refractivity contribution is 0.220. The lowest BCUT2D eigenvalue weighted by Crippen LogP contribution is -1.98. The van der Waals surface area contributed by atoms with Crippen LogP contribution in [-0.4, -0.2) is 14.9 Å². The minimum absolute atomic E-state index is 0.611. The second-order valence-electron chi connectivity index (χ2n) is 3.86. The molecule has 0 aliphatic carbocycles. The quantitative estimate of drug-likeness (QED) is 0.918. The monoisotopic (exact) mass is 280 g/mol. The number of hydrogen-bond donors (Lipinski definition) is 1. The molecule has 1 atom stereocenters. The number of benzene rings is 1. The molecule has 16 heavy (non-hydrogen) atoms. The Balaban J connectivity index is 2.33. The Hall–Kier alpha value is -1.13. The van der Waals surface area contributed by atoms with E-state index in [4.69, 9.17) is 0 Å². The third-order valence-corrected chi connectivity index (χ3v) is 3.43. The molecule has 2 aromatic rings. The van der Waals surface area contributed by atoms with Gasteiger partial charge in [-0.25, -0.2) is 0 Å². The molecule has 0 fully saturated rings. The largest absolute Gasteiger partial charge is 0.384 e. The maximum absolute atomic E-state index is 10.2. The van der Waals surface area contributed by atoms with Crippen LogP contribution >= 0.6 is 15.9 Å². The van der Waals surface area contributed by atoms with Gasteiger partial charge in [0.25, 0.3) is 0 Å². The minimum Gasteiger partial charge on any atom is -0.384 e. The summed E-state index contributed by atoms with van der Waals surface area (Å²) in [5.41, 5.74) is 2.80. The molecule has 0 radical (unpaired) electrons. The van der Waals surface area contributed by atoms with Gasteiger partial charge in [-0.2, -0.15) is 5.10 Å². The van der Waals surface area contributed by atoms with Crippen molar-refractivity contribution < 1.29 is 5.11 Å². The molecule has 1 aromatic carbocycles. The highest BCUT2D eigenvalue weighted by Crippen LogP contribution is 2.25. The molecule has 1 heterocycles. The zero-order chi connectivity index (χ0) is 11.7. The molecule has 0 amide bonds. The van der Waals surface area contributed by atoms with Crippen molar-refractivity contribution in [1.82, 2.24) is 9.78 Å². The first-order chi connectivity index (χ1) is 7.58. The molecule has 0 aliphatic rings. The molecular formula is C12H13BrN2O. The van der Waals surface area contributed by atoms with Gasteiger partial charge in [-0.15, -0.1) is 0 Å². The Morgan fingerprint density at radius 2 is 2.12 bits per heavy atom. The minimum atomic E-state index is -0.611. The molecule has 3 nitrogen and oxygen atoms in total. The van der Waals surface area contributed by atoms with Gasteiger partial charge in [0.05, 0.1) is 6.20 Å². The normalized spacial score (nSPS) is 12.8. The van der Waals surface area contributed by atoms with Crippen molar-refractivity contribution in [3.8, 4) is 0 Å². The summed E-state index contributed by atoms with van der Waals surface area (Å²) in [6, 6.07) is 5.83. The summed E-state index contributed by atoms with van der Waals surface area (Å²) in [5.74, 6) is 0. The third-order valence-electron chi connectivity index (χ3n) is 2.54. The molecule has 0 aliphatic heterocycles. The van der Waals surface area contributed by atoms with E-state index >= 15 is 0 Å². The fraction of sp³-hybridized carbons (Fsp3) is 0.250. The van der Waals surface area contributed by atoms with Gasteiger partial charge in [0, 0.05) is 23.3 Å². The Morgan fingerprint density at radius 1 is 1.38 bits per heavy atom. The molecule has 4 heteroatoms. The van der Waals surface area contributed by atoms with Crippen LogP contribution in [0.4, 0.5) is 0 Å². The highest BCUT2D eigenvalue weighted by atomic mass is 79.9. The van der Waals surface area contributed by atoms with E-state index in [1.807, 2.05) is 38.4 Å². The van der Waals surface area contributed by atoms with Crippen LogP contribution in [-0.2, 0) is 7.05 Å². The highest BCUT2D eigenvalue weighted by Gasteiger charge is 2.12. The molecule has 84 valence electrons. The predicted molar refractivity (Wildman–Crippen MR) is 66.1 cm³/mol. The average Bonchev–Trinajstić information content (AvgIpc) is 2.68. The zero-order valence-corrected chi connectivity index (χ0v) is 10.8. The van der Waals surface area contributed by atoms with Gasteiger partial charge in [0.1, 0.15) is 6.10 Å². The maximum atomic E-state index is 10.2. The van der Waals surface area contributed by atoms with E-state index in [0.717, 1.165) is 21.2 Å². The highest BCUT2D eigenvalue weighted by molar-refractivity contribution is 9.10. The third kappa shape index (κ3) is 2.18. The summed E-state index contributed by atoms with van der Waals surface area (Å²) >= 11 is 3.44. The zero-order valence-electron chi connectivity index (χ0n) is 9.18. The lowest BCUT2D eigenvalue weighted by Gasteiger charge is -2.10. The number of aliphatic hydroxyl groups is 1. The Kier molecular flexibility index (Phi) is 3.12. The SMILES string of the molecule is Cc1cc(C(O)c2cnn(C)c2)ccc1Br. The number of aryl methyl sites for hydroxylation is 2. The Bertz CT molecular complexity index is 507. The van der Waals surface area contributed by atoms with Crippen LogP contribution in [0.1, 0.15) is 22.8 Å². The van der Waals surface area contributed by atoms with E-state index < -0.39 is 6.10 Å². The van der Waals surface area contributed by atoms with Crippen LogP contribution in [0.15, 0.2) is 35.1 Å². The fourth-order valence-corrected chi connectivity index (χ4v) is 1.86. The molecule has 0 spiro atoms. The first-order valence-corrected chi connectivity index (χ1v) is 5.80. The van der Waals surface area contributed by atoms with Crippen molar-refractivity contribution in [2.75, 3.05) is 0 Å².